The highest BCUT2D eigenvalue weighted by molar-refractivity contribution is 5.91. The minimum atomic E-state index is -1.28. The van der Waals surface area contributed by atoms with E-state index < -0.39 is 17.7 Å². The lowest BCUT2D eigenvalue weighted by Crippen LogP contribution is -2.39. The van der Waals surface area contributed by atoms with E-state index in [9.17, 15) is 14.3 Å². The van der Waals surface area contributed by atoms with Crippen molar-refractivity contribution in [3.8, 4) is 23.2 Å². The van der Waals surface area contributed by atoms with Gasteiger partial charge in [-0.15, -0.1) is 0 Å². The zero-order chi connectivity index (χ0) is 23.6. The summed E-state index contributed by atoms with van der Waals surface area (Å²) < 4.78 is 24.7. The third-order valence-corrected chi connectivity index (χ3v) is 5.62. The maximum absolute atomic E-state index is 13.9. The lowest BCUT2D eigenvalue weighted by Gasteiger charge is -2.18. The van der Waals surface area contributed by atoms with Crippen LogP contribution in [0.15, 0.2) is 42.5 Å². The Kier molecular flexibility index (Phi) is 6.38. The van der Waals surface area contributed by atoms with Gasteiger partial charge in [-0.05, 0) is 31.2 Å². The molecule has 0 spiro atoms. The normalized spacial score (nSPS) is 18.9. The van der Waals surface area contributed by atoms with Gasteiger partial charge in [0.1, 0.15) is 11.5 Å². The van der Waals surface area contributed by atoms with E-state index in [1.165, 1.54) is 25.3 Å². The number of carbonyl (C=O) groups excluding carboxylic acids is 1. The fourth-order valence-corrected chi connectivity index (χ4v) is 3.79. The van der Waals surface area contributed by atoms with E-state index >= 15 is 0 Å². The molecule has 1 aliphatic rings. The second kappa shape index (κ2) is 9.24. The third kappa shape index (κ3) is 4.44. The summed E-state index contributed by atoms with van der Waals surface area (Å²) in [6, 6.07) is 11.3. The number of likely N-dealkylation sites (tertiary alicyclic amines) is 1. The van der Waals surface area contributed by atoms with Crippen LogP contribution in [0.3, 0.4) is 0 Å². The summed E-state index contributed by atoms with van der Waals surface area (Å²) in [5, 5.41) is 10.9. The molecule has 2 atom stereocenters. The van der Waals surface area contributed by atoms with E-state index in [4.69, 9.17) is 9.47 Å². The Hall–Kier alpha value is -3.38. The van der Waals surface area contributed by atoms with Crippen LogP contribution in [-0.2, 0) is 14.3 Å². The number of rotatable bonds is 5. The van der Waals surface area contributed by atoms with Gasteiger partial charge in [0.05, 0.1) is 5.52 Å². The van der Waals surface area contributed by atoms with Gasteiger partial charge in [0.2, 0.25) is 5.60 Å². The zero-order valence-electron chi connectivity index (χ0n) is 18.6. The highest BCUT2D eigenvalue weighted by Gasteiger charge is 2.44. The van der Waals surface area contributed by atoms with Crippen molar-refractivity contribution in [2.24, 2.45) is 0 Å². The van der Waals surface area contributed by atoms with E-state index in [1.807, 2.05) is 0 Å². The number of amides is 1. The molecule has 33 heavy (non-hydrogen) atoms. The van der Waals surface area contributed by atoms with Gasteiger partial charge in [-0.25, -0.2) is 14.4 Å². The molecule has 1 fully saturated rings. The van der Waals surface area contributed by atoms with Gasteiger partial charge in [0, 0.05) is 56.3 Å². The molecule has 1 saturated heterocycles. The van der Waals surface area contributed by atoms with Crippen LogP contribution in [0.2, 0.25) is 0 Å². The maximum atomic E-state index is 13.9. The number of aromatic nitrogens is 2. The number of nitrogens with zero attached hydrogens (tertiary/aromatic N) is 3. The molecule has 0 aliphatic carbocycles. The Morgan fingerprint density at radius 2 is 2.09 bits per heavy atom. The summed E-state index contributed by atoms with van der Waals surface area (Å²) in [5.41, 5.74) is 0.714. The number of hydrogen-bond donors (Lipinski definition) is 1. The maximum Gasteiger partial charge on any atom is 0.267 e. The van der Waals surface area contributed by atoms with E-state index in [-0.39, 0.29) is 18.2 Å². The number of ether oxygens (including phenoxy) is 2. The number of halogens is 1. The minimum Gasteiger partial charge on any atom is -0.363 e. The number of benzene rings is 2. The van der Waals surface area contributed by atoms with Crippen LogP contribution < -0.4 is 0 Å². The Morgan fingerprint density at radius 3 is 2.79 bits per heavy atom. The third-order valence-electron chi connectivity index (χ3n) is 5.62. The van der Waals surface area contributed by atoms with E-state index in [0.29, 0.717) is 40.8 Å². The van der Waals surface area contributed by atoms with Crippen molar-refractivity contribution in [2.75, 3.05) is 27.3 Å². The summed E-state index contributed by atoms with van der Waals surface area (Å²) in [5.74, 6) is 5.71. The first-order valence-corrected chi connectivity index (χ1v) is 10.6. The number of carbonyl (C=O) groups is 1. The average Bonchev–Trinajstić information content (AvgIpc) is 3.11. The molecule has 2 heterocycles. The Morgan fingerprint density at radius 1 is 1.27 bits per heavy atom. The summed E-state index contributed by atoms with van der Waals surface area (Å²) in [7, 11) is 3.20. The summed E-state index contributed by atoms with van der Waals surface area (Å²) >= 11 is 0. The van der Waals surface area contributed by atoms with Crippen molar-refractivity contribution in [1.29, 1.82) is 0 Å². The topological polar surface area (TPSA) is 84.8 Å². The van der Waals surface area contributed by atoms with Crippen LogP contribution in [0, 0.1) is 17.7 Å². The molecule has 2 unspecified atom stereocenters. The number of fused-ring (bicyclic) bond motifs is 1. The molecular formula is C25H24FN3O4. The van der Waals surface area contributed by atoms with Gasteiger partial charge in [0.15, 0.2) is 12.1 Å². The molecule has 0 bridgehead atoms. The van der Waals surface area contributed by atoms with Crippen LogP contribution in [0.25, 0.3) is 22.3 Å². The summed E-state index contributed by atoms with van der Waals surface area (Å²) in [6.45, 7) is 2.62. The highest BCUT2D eigenvalue weighted by atomic mass is 19.1. The van der Waals surface area contributed by atoms with Crippen molar-refractivity contribution in [2.45, 2.75) is 25.2 Å². The van der Waals surface area contributed by atoms with Gasteiger partial charge in [-0.2, -0.15) is 0 Å². The summed E-state index contributed by atoms with van der Waals surface area (Å²) in [4.78, 5) is 23.1. The number of methoxy groups -OCH3 is 1. The van der Waals surface area contributed by atoms with Gasteiger partial charge in [0.25, 0.3) is 5.91 Å². The Bertz CT molecular complexity index is 1270. The molecule has 3 aromatic rings. The molecule has 1 aromatic heterocycles. The largest absolute Gasteiger partial charge is 0.363 e. The fourth-order valence-electron chi connectivity index (χ4n) is 3.79. The van der Waals surface area contributed by atoms with E-state index in [1.54, 1.807) is 43.1 Å². The molecule has 7 nitrogen and oxygen atoms in total. The van der Waals surface area contributed by atoms with Crippen molar-refractivity contribution < 1.29 is 23.8 Å². The van der Waals surface area contributed by atoms with Gasteiger partial charge >= 0.3 is 0 Å². The molecule has 1 N–H and O–H groups in total. The van der Waals surface area contributed by atoms with Crippen molar-refractivity contribution in [3.63, 3.8) is 0 Å². The number of aliphatic hydroxyl groups is 1. The molecule has 170 valence electrons. The number of hydrogen-bond acceptors (Lipinski definition) is 6. The zero-order valence-corrected chi connectivity index (χ0v) is 18.6. The van der Waals surface area contributed by atoms with E-state index in [2.05, 4.69) is 21.8 Å². The molecular weight excluding hydrogens is 425 g/mol. The molecule has 1 aliphatic heterocycles. The standard InChI is InChI=1S/C25H24FN3O4/c1-4-33-23(30)21-19-9-8-18(26)15-20(19)27-22(28-21)17-7-5-6-16(14-17)10-11-25(32-3)12-13-29(2)24(25)31/h5-9,14-15,23,30H,4,12-13H2,1-3H3. The number of likely N-dealkylation sites (N-methyl/N-ethyl adjacent to an activating group) is 1. The lowest BCUT2D eigenvalue weighted by atomic mass is 10.0. The molecule has 8 heteroatoms. The average molecular weight is 449 g/mol. The smallest absolute Gasteiger partial charge is 0.267 e. The first kappa shape index (κ1) is 22.8. The second-order valence-corrected chi connectivity index (χ2v) is 7.74. The molecule has 0 saturated carbocycles. The first-order valence-electron chi connectivity index (χ1n) is 10.6. The van der Waals surface area contributed by atoms with Crippen LogP contribution in [0.1, 0.15) is 30.9 Å². The summed E-state index contributed by atoms with van der Waals surface area (Å²) in [6.07, 6.45) is -0.789. The fraction of sp³-hybridized carbons (Fsp3) is 0.320. The SMILES string of the molecule is CCOC(O)c1nc(-c2cccc(C#CC3(OC)CCN(C)C3=O)c2)nc2cc(F)ccc12. The van der Waals surface area contributed by atoms with Crippen LogP contribution in [-0.4, -0.2) is 58.8 Å². The molecule has 2 aromatic carbocycles. The second-order valence-electron chi connectivity index (χ2n) is 7.74. The predicted octanol–water partition coefficient (Wildman–Crippen LogP) is 3.06. The van der Waals surface area contributed by atoms with Gasteiger partial charge in [-0.1, -0.05) is 24.0 Å². The molecule has 4 rings (SSSR count). The Labute approximate surface area is 191 Å². The van der Waals surface area contributed by atoms with Crippen molar-refractivity contribution >= 4 is 16.8 Å². The quantitative estimate of drug-likeness (QED) is 0.476. The van der Waals surface area contributed by atoms with Gasteiger partial charge in [-0.3, -0.25) is 4.79 Å². The first-order chi connectivity index (χ1) is 15.9. The molecule has 1 amide bonds. The minimum absolute atomic E-state index is 0.164. The van der Waals surface area contributed by atoms with Gasteiger partial charge < -0.3 is 19.5 Å². The monoisotopic (exact) mass is 449 g/mol. The van der Waals surface area contributed by atoms with Crippen LogP contribution in [0.5, 0.6) is 0 Å². The Balaban J connectivity index is 1.76. The lowest BCUT2D eigenvalue weighted by molar-refractivity contribution is -0.139. The van der Waals surface area contributed by atoms with E-state index in [0.717, 1.165) is 0 Å². The highest BCUT2D eigenvalue weighted by Crippen LogP contribution is 2.28. The number of aliphatic hydroxyl groups excluding tert-OH is 1. The van der Waals surface area contributed by atoms with Crippen LogP contribution in [0.4, 0.5) is 4.39 Å². The predicted molar refractivity (Wildman–Crippen MR) is 120 cm³/mol. The molecule has 0 radical (unpaired) electrons. The van der Waals surface area contributed by atoms with Crippen molar-refractivity contribution in [1.82, 2.24) is 14.9 Å². The van der Waals surface area contributed by atoms with Crippen molar-refractivity contribution in [3.05, 3.63) is 59.5 Å². The van der Waals surface area contributed by atoms with Crippen LogP contribution >= 0.6 is 0 Å².